The number of aromatic amines is 2. The number of fused-ring (bicyclic) bond motifs is 7. The third-order valence-corrected chi connectivity index (χ3v) is 8.01. The fourth-order valence-corrected chi connectivity index (χ4v) is 6.03. The average Bonchev–Trinajstić information content (AvgIpc) is 3.66. The van der Waals surface area contributed by atoms with Gasteiger partial charge in [-0.2, -0.15) is 5.10 Å². The second-order valence-corrected chi connectivity index (χ2v) is 10.6. The zero-order valence-corrected chi connectivity index (χ0v) is 21.1. The standard InChI is InChI=1S/C29H24N6S/c1-4-26-34-27-19-8-7-17(9-20(19)21-12-31-32-13-22(21)28(27)35-26)25-11-18-6-5-16(10-24(18)36-25)23-14-30-29(33-23)15(2)3/h5-15,31H,4H2,1-3H3,(H,30,33). The minimum absolute atomic E-state index is 0.377. The molecule has 0 fully saturated rings. The summed E-state index contributed by atoms with van der Waals surface area (Å²) in [5.74, 6) is 2.26. The smallest absolute Gasteiger partial charge is 0.129 e. The highest BCUT2D eigenvalue weighted by Crippen LogP contribution is 2.39. The minimum Gasteiger partial charge on any atom is -0.342 e. The van der Waals surface area contributed by atoms with Gasteiger partial charge in [0.15, 0.2) is 0 Å². The van der Waals surface area contributed by atoms with Crippen molar-refractivity contribution in [1.82, 2.24) is 30.1 Å². The van der Waals surface area contributed by atoms with Gasteiger partial charge in [0, 0.05) is 49.8 Å². The molecule has 176 valence electrons. The van der Waals surface area contributed by atoms with E-state index in [2.05, 4.69) is 83.4 Å². The van der Waals surface area contributed by atoms with Gasteiger partial charge in [-0.05, 0) is 34.5 Å². The SMILES string of the molecule is CCc1nc2c3ccc(-c4cc5ccc(-c6cnc(C(C)C)[nH]6)cc5s4)cc3c3c[nH]ncc3c2n1. The van der Waals surface area contributed by atoms with Gasteiger partial charge < -0.3 is 4.98 Å². The molecule has 7 aromatic rings. The van der Waals surface area contributed by atoms with E-state index in [9.17, 15) is 0 Å². The maximum atomic E-state index is 4.84. The van der Waals surface area contributed by atoms with Crippen LogP contribution in [-0.2, 0) is 6.42 Å². The summed E-state index contributed by atoms with van der Waals surface area (Å²) in [6.45, 7) is 6.39. The summed E-state index contributed by atoms with van der Waals surface area (Å²) in [6, 6.07) is 15.6. The summed E-state index contributed by atoms with van der Waals surface area (Å²) in [5.41, 5.74) is 5.30. The molecule has 0 amide bonds. The van der Waals surface area contributed by atoms with Crippen molar-refractivity contribution >= 4 is 54.0 Å². The molecule has 36 heavy (non-hydrogen) atoms. The van der Waals surface area contributed by atoms with Crippen LogP contribution in [0, 0.1) is 0 Å². The Labute approximate surface area is 211 Å². The van der Waals surface area contributed by atoms with Crippen LogP contribution in [0.1, 0.15) is 38.3 Å². The molecule has 4 heterocycles. The summed E-state index contributed by atoms with van der Waals surface area (Å²) in [6.07, 6.45) is 6.57. The van der Waals surface area contributed by atoms with Crippen molar-refractivity contribution in [2.24, 2.45) is 0 Å². The van der Waals surface area contributed by atoms with Crippen LogP contribution >= 0.6 is 11.3 Å². The van der Waals surface area contributed by atoms with Crippen LogP contribution in [0.4, 0.5) is 0 Å². The topological polar surface area (TPSA) is 83.1 Å². The first-order valence-corrected chi connectivity index (χ1v) is 13.0. The Morgan fingerprint density at radius 2 is 1.69 bits per heavy atom. The minimum atomic E-state index is 0.377. The van der Waals surface area contributed by atoms with Crippen molar-refractivity contribution in [1.29, 1.82) is 0 Å². The number of imidazole rings is 2. The number of H-pyrrole nitrogens is 2. The average molecular weight is 489 g/mol. The fraction of sp³-hybridized carbons (Fsp3) is 0.172. The first-order valence-electron chi connectivity index (χ1n) is 12.2. The molecule has 6 nitrogen and oxygen atoms in total. The number of hydrogen-bond acceptors (Lipinski definition) is 5. The van der Waals surface area contributed by atoms with E-state index in [-0.39, 0.29) is 0 Å². The van der Waals surface area contributed by atoms with Crippen LogP contribution in [0.5, 0.6) is 0 Å². The molecule has 7 rings (SSSR count). The summed E-state index contributed by atoms with van der Waals surface area (Å²) in [7, 11) is 0. The maximum Gasteiger partial charge on any atom is 0.129 e. The molecular weight excluding hydrogens is 464 g/mol. The number of aryl methyl sites for hydroxylation is 1. The zero-order chi connectivity index (χ0) is 24.4. The Balaban J connectivity index is 1.38. The molecule has 0 unspecified atom stereocenters. The lowest BCUT2D eigenvalue weighted by molar-refractivity contribution is 0.795. The van der Waals surface area contributed by atoms with Crippen LogP contribution in [0.25, 0.3) is 64.4 Å². The predicted octanol–water partition coefficient (Wildman–Crippen LogP) is 7.62. The third-order valence-electron chi connectivity index (χ3n) is 6.87. The van der Waals surface area contributed by atoms with Crippen molar-refractivity contribution in [3.05, 3.63) is 72.7 Å². The van der Waals surface area contributed by atoms with Gasteiger partial charge in [-0.25, -0.2) is 15.0 Å². The van der Waals surface area contributed by atoms with E-state index >= 15 is 0 Å². The van der Waals surface area contributed by atoms with Gasteiger partial charge in [0.05, 0.1) is 23.6 Å². The van der Waals surface area contributed by atoms with E-state index in [0.29, 0.717) is 5.92 Å². The molecule has 0 atom stereocenters. The molecular formula is C29H24N6S. The van der Waals surface area contributed by atoms with Crippen molar-refractivity contribution in [3.63, 3.8) is 0 Å². The normalized spacial score (nSPS) is 12.1. The number of thiophene rings is 1. The van der Waals surface area contributed by atoms with Gasteiger partial charge in [-0.1, -0.05) is 45.0 Å². The number of hydrogen-bond donors (Lipinski definition) is 2. The predicted molar refractivity (Wildman–Crippen MR) is 149 cm³/mol. The van der Waals surface area contributed by atoms with E-state index in [0.717, 1.165) is 61.9 Å². The Hall–Kier alpha value is -4.10. The highest BCUT2D eigenvalue weighted by molar-refractivity contribution is 7.22. The van der Waals surface area contributed by atoms with Gasteiger partial charge in [0.1, 0.15) is 17.2 Å². The second kappa shape index (κ2) is 7.96. The van der Waals surface area contributed by atoms with Crippen LogP contribution < -0.4 is 0 Å². The summed E-state index contributed by atoms with van der Waals surface area (Å²) in [4.78, 5) is 18.9. The van der Waals surface area contributed by atoms with E-state index < -0.39 is 0 Å². The van der Waals surface area contributed by atoms with E-state index in [1.807, 2.05) is 29.9 Å². The Morgan fingerprint density at radius 3 is 2.50 bits per heavy atom. The summed E-state index contributed by atoms with van der Waals surface area (Å²) < 4.78 is 1.26. The van der Waals surface area contributed by atoms with Gasteiger partial charge >= 0.3 is 0 Å². The number of nitrogens with one attached hydrogen (secondary N) is 2. The first kappa shape index (κ1) is 21.2. The van der Waals surface area contributed by atoms with Crippen molar-refractivity contribution < 1.29 is 0 Å². The number of rotatable bonds is 4. The Morgan fingerprint density at radius 1 is 0.861 bits per heavy atom. The van der Waals surface area contributed by atoms with Gasteiger partial charge in [0.25, 0.3) is 0 Å². The molecule has 0 aliphatic carbocycles. The molecule has 0 radical (unpaired) electrons. The van der Waals surface area contributed by atoms with Crippen molar-refractivity contribution in [3.8, 4) is 21.7 Å². The number of nitrogens with zero attached hydrogens (tertiary/aromatic N) is 4. The monoisotopic (exact) mass is 488 g/mol. The molecule has 0 saturated heterocycles. The molecule has 2 N–H and O–H groups in total. The lowest BCUT2D eigenvalue weighted by Crippen LogP contribution is -1.89. The van der Waals surface area contributed by atoms with Crippen LogP contribution in [0.2, 0.25) is 0 Å². The summed E-state index contributed by atoms with van der Waals surface area (Å²) >= 11 is 1.82. The lowest BCUT2D eigenvalue weighted by Gasteiger charge is -2.07. The molecule has 3 aromatic carbocycles. The zero-order valence-electron chi connectivity index (χ0n) is 20.3. The number of aromatic nitrogens is 6. The molecule has 0 aliphatic rings. The van der Waals surface area contributed by atoms with Gasteiger partial charge in [-0.15, -0.1) is 11.3 Å². The van der Waals surface area contributed by atoms with Crippen LogP contribution in [0.15, 0.2) is 61.1 Å². The summed E-state index contributed by atoms with van der Waals surface area (Å²) in [5, 5.41) is 12.9. The lowest BCUT2D eigenvalue weighted by atomic mass is 9.99. The number of benzene rings is 3. The molecule has 0 spiro atoms. The third kappa shape index (κ3) is 3.23. The second-order valence-electron chi connectivity index (χ2n) is 9.51. The Kier molecular flexibility index (Phi) is 4.69. The van der Waals surface area contributed by atoms with E-state index in [1.165, 1.54) is 20.5 Å². The van der Waals surface area contributed by atoms with E-state index in [4.69, 9.17) is 9.97 Å². The van der Waals surface area contributed by atoms with E-state index in [1.54, 1.807) is 0 Å². The molecule has 0 aliphatic heterocycles. The van der Waals surface area contributed by atoms with Gasteiger partial charge in [-0.3, -0.25) is 5.10 Å². The largest absolute Gasteiger partial charge is 0.342 e. The Bertz CT molecular complexity index is 1920. The molecule has 0 saturated carbocycles. The fourth-order valence-electron chi connectivity index (χ4n) is 4.93. The highest BCUT2D eigenvalue weighted by Gasteiger charge is 2.16. The van der Waals surface area contributed by atoms with Crippen molar-refractivity contribution in [2.45, 2.75) is 33.1 Å². The molecule has 7 heteroatoms. The highest BCUT2D eigenvalue weighted by atomic mass is 32.1. The maximum absolute atomic E-state index is 4.84. The van der Waals surface area contributed by atoms with Gasteiger partial charge in [0.2, 0.25) is 0 Å². The quantitative estimate of drug-likeness (QED) is 0.250. The van der Waals surface area contributed by atoms with Crippen molar-refractivity contribution in [2.75, 3.05) is 0 Å². The molecule has 0 bridgehead atoms. The van der Waals surface area contributed by atoms with Crippen LogP contribution in [-0.4, -0.2) is 30.1 Å². The van der Waals surface area contributed by atoms with Crippen LogP contribution in [0.3, 0.4) is 0 Å². The first-order chi connectivity index (χ1) is 17.6. The molecule has 4 aromatic heterocycles.